The Morgan fingerprint density at radius 3 is 2.64 bits per heavy atom. The number of fused-ring (bicyclic) bond motifs is 1. The van der Waals surface area contributed by atoms with E-state index in [1.165, 1.54) is 5.56 Å². The van der Waals surface area contributed by atoms with Crippen LogP contribution in [0.1, 0.15) is 22.8 Å². The summed E-state index contributed by atoms with van der Waals surface area (Å²) in [6.07, 6.45) is 2.43. The summed E-state index contributed by atoms with van der Waals surface area (Å²) in [7, 11) is 0. The molecule has 4 nitrogen and oxygen atoms in total. The average molecular weight is 291 g/mol. The highest BCUT2D eigenvalue weighted by molar-refractivity contribution is 6.06. The monoisotopic (exact) mass is 291 g/mol. The zero-order valence-corrected chi connectivity index (χ0v) is 12.3. The molecule has 0 fully saturated rings. The van der Waals surface area contributed by atoms with Gasteiger partial charge in [0.2, 0.25) is 0 Å². The molecule has 110 valence electrons. The van der Waals surface area contributed by atoms with E-state index in [-0.39, 0.29) is 5.91 Å². The van der Waals surface area contributed by atoms with E-state index in [2.05, 4.69) is 15.5 Å². The highest BCUT2D eigenvalue weighted by Gasteiger charge is 2.10. The van der Waals surface area contributed by atoms with Gasteiger partial charge < -0.3 is 4.98 Å². The number of hydrogen-bond donors (Lipinski definition) is 2. The molecule has 3 rings (SSSR count). The molecule has 1 heterocycles. The van der Waals surface area contributed by atoms with Crippen molar-refractivity contribution in [1.82, 2.24) is 10.4 Å². The molecule has 0 bridgehead atoms. The predicted molar refractivity (Wildman–Crippen MR) is 89.0 cm³/mol. The van der Waals surface area contributed by atoms with Crippen LogP contribution in [-0.4, -0.2) is 16.6 Å². The van der Waals surface area contributed by atoms with Crippen LogP contribution in [0.25, 0.3) is 10.9 Å². The normalized spacial score (nSPS) is 11.6. The molecular formula is C18H17N3O. The number of nitrogens with one attached hydrogen (secondary N) is 2. The van der Waals surface area contributed by atoms with Crippen LogP contribution >= 0.6 is 0 Å². The summed E-state index contributed by atoms with van der Waals surface area (Å²) in [4.78, 5) is 15.3. The van der Waals surface area contributed by atoms with Gasteiger partial charge in [-0.1, -0.05) is 48.5 Å². The van der Waals surface area contributed by atoms with Gasteiger partial charge in [-0.3, -0.25) is 4.79 Å². The first kappa shape index (κ1) is 14.1. The molecule has 4 heteroatoms. The van der Waals surface area contributed by atoms with Gasteiger partial charge in [-0.25, -0.2) is 5.43 Å². The summed E-state index contributed by atoms with van der Waals surface area (Å²) < 4.78 is 0. The van der Waals surface area contributed by atoms with Gasteiger partial charge in [0.25, 0.3) is 5.91 Å². The lowest BCUT2D eigenvalue weighted by molar-refractivity contribution is 0.0956. The van der Waals surface area contributed by atoms with Crippen LogP contribution in [0.15, 0.2) is 65.9 Å². The van der Waals surface area contributed by atoms with E-state index in [1.807, 2.05) is 61.5 Å². The second kappa shape index (κ2) is 6.26. The van der Waals surface area contributed by atoms with Crippen LogP contribution < -0.4 is 5.43 Å². The molecule has 0 atom stereocenters. The topological polar surface area (TPSA) is 57.2 Å². The first-order valence-electron chi connectivity index (χ1n) is 7.17. The summed E-state index contributed by atoms with van der Waals surface area (Å²) >= 11 is 0. The molecule has 2 aromatic carbocycles. The molecule has 0 spiro atoms. The molecule has 0 aliphatic carbocycles. The maximum Gasteiger partial charge on any atom is 0.273 e. The molecule has 0 radical (unpaired) electrons. The number of rotatable bonds is 4. The standard InChI is InChI=1S/C18H17N3O/c1-13(11-14-7-3-2-4-8-14)20-21-18(22)16-12-19-17-10-6-5-9-15(16)17/h2-10,12,19H,11H2,1H3,(H,21,22)/b20-13-. The number of benzene rings is 2. The first-order valence-corrected chi connectivity index (χ1v) is 7.17. The Balaban J connectivity index is 1.70. The van der Waals surface area contributed by atoms with Gasteiger partial charge >= 0.3 is 0 Å². The average Bonchev–Trinajstić information content (AvgIpc) is 2.98. The van der Waals surface area contributed by atoms with Crippen molar-refractivity contribution in [2.24, 2.45) is 5.10 Å². The van der Waals surface area contributed by atoms with Gasteiger partial charge in [0.15, 0.2) is 0 Å². The number of aromatic nitrogens is 1. The number of aromatic amines is 1. The number of para-hydroxylation sites is 1. The maximum absolute atomic E-state index is 12.2. The Morgan fingerprint density at radius 2 is 1.82 bits per heavy atom. The first-order chi connectivity index (χ1) is 10.7. The summed E-state index contributed by atoms with van der Waals surface area (Å²) in [5.41, 5.74) is 6.20. The molecule has 0 unspecified atom stereocenters. The summed E-state index contributed by atoms with van der Waals surface area (Å²) in [6.45, 7) is 1.91. The minimum absolute atomic E-state index is 0.204. The second-order valence-corrected chi connectivity index (χ2v) is 5.20. The summed E-state index contributed by atoms with van der Waals surface area (Å²) in [5, 5.41) is 5.08. The molecule has 1 amide bonds. The third kappa shape index (κ3) is 3.06. The molecule has 0 aliphatic rings. The molecule has 2 N–H and O–H groups in total. The lowest BCUT2D eigenvalue weighted by Gasteiger charge is -2.02. The van der Waals surface area contributed by atoms with E-state index in [4.69, 9.17) is 0 Å². The summed E-state index contributed by atoms with van der Waals surface area (Å²) in [6, 6.07) is 17.8. The predicted octanol–water partition coefficient (Wildman–Crippen LogP) is 3.52. The van der Waals surface area contributed by atoms with E-state index in [9.17, 15) is 4.79 Å². The summed E-state index contributed by atoms with van der Waals surface area (Å²) in [5.74, 6) is -0.204. The number of carbonyl (C=O) groups excluding carboxylic acids is 1. The molecular weight excluding hydrogens is 274 g/mol. The van der Waals surface area contributed by atoms with Crippen molar-refractivity contribution in [3.05, 3.63) is 71.9 Å². The number of hydrogen-bond acceptors (Lipinski definition) is 2. The molecule has 0 saturated carbocycles. The zero-order chi connectivity index (χ0) is 15.4. The Labute approximate surface area is 128 Å². The van der Waals surface area contributed by atoms with Gasteiger partial charge in [0.1, 0.15) is 0 Å². The Morgan fingerprint density at radius 1 is 1.09 bits per heavy atom. The maximum atomic E-state index is 12.2. The fourth-order valence-electron chi connectivity index (χ4n) is 2.40. The largest absolute Gasteiger partial charge is 0.360 e. The lowest BCUT2D eigenvalue weighted by atomic mass is 10.1. The van der Waals surface area contributed by atoms with Crippen molar-refractivity contribution < 1.29 is 4.79 Å². The van der Waals surface area contributed by atoms with Crippen LogP contribution in [0.3, 0.4) is 0 Å². The Hall–Kier alpha value is -2.88. The van der Waals surface area contributed by atoms with E-state index < -0.39 is 0 Å². The van der Waals surface area contributed by atoms with Crippen molar-refractivity contribution in [1.29, 1.82) is 0 Å². The highest BCUT2D eigenvalue weighted by Crippen LogP contribution is 2.17. The van der Waals surface area contributed by atoms with Gasteiger partial charge in [-0.15, -0.1) is 0 Å². The minimum Gasteiger partial charge on any atom is -0.360 e. The number of H-pyrrole nitrogens is 1. The van der Waals surface area contributed by atoms with Crippen LogP contribution in [0.5, 0.6) is 0 Å². The number of amides is 1. The van der Waals surface area contributed by atoms with Crippen molar-refractivity contribution in [2.75, 3.05) is 0 Å². The van der Waals surface area contributed by atoms with Crippen molar-refractivity contribution in [3.63, 3.8) is 0 Å². The third-order valence-corrected chi connectivity index (χ3v) is 3.48. The van der Waals surface area contributed by atoms with E-state index in [0.29, 0.717) is 5.56 Å². The van der Waals surface area contributed by atoms with Crippen LogP contribution in [-0.2, 0) is 6.42 Å². The number of nitrogens with zero attached hydrogens (tertiary/aromatic N) is 1. The molecule has 22 heavy (non-hydrogen) atoms. The van der Waals surface area contributed by atoms with E-state index >= 15 is 0 Å². The van der Waals surface area contributed by atoms with Crippen LogP contribution in [0, 0.1) is 0 Å². The number of hydrazone groups is 1. The quantitative estimate of drug-likeness (QED) is 0.561. The molecule has 0 aliphatic heterocycles. The SMILES string of the molecule is C/C(Cc1ccccc1)=N/NC(=O)c1c[nH]c2ccccc12. The second-order valence-electron chi connectivity index (χ2n) is 5.20. The van der Waals surface area contributed by atoms with Crippen LogP contribution in [0.2, 0.25) is 0 Å². The van der Waals surface area contributed by atoms with Gasteiger partial charge in [-0.05, 0) is 18.6 Å². The molecule has 0 saturated heterocycles. The van der Waals surface area contributed by atoms with E-state index in [1.54, 1.807) is 6.20 Å². The van der Waals surface area contributed by atoms with Gasteiger partial charge in [0.05, 0.1) is 5.56 Å². The van der Waals surface area contributed by atoms with Crippen molar-refractivity contribution >= 4 is 22.5 Å². The van der Waals surface area contributed by atoms with Crippen molar-refractivity contribution in [3.8, 4) is 0 Å². The fraction of sp³-hybridized carbons (Fsp3) is 0.111. The fourth-order valence-corrected chi connectivity index (χ4v) is 2.40. The van der Waals surface area contributed by atoms with Gasteiger partial charge in [-0.2, -0.15) is 5.10 Å². The zero-order valence-electron chi connectivity index (χ0n) is 12.3. The van der Waals surface area contributed by atoms with Crippen LogP contribution in [0.4, 0.5) is 0 Å². The highest BCUT2D eigenvalue weighted by atomic mass is 16.2. The van der Waals surface area contributed by atoms with E-state index in [0.717, 1.165) is 23.0 Å². The number of carbonyl (C=O) groups is 1. The lowest BCUT2D eigenvalue weighted by Crippen LogP contribution is -2.19. The Kier molecular flexibility index (Phi) is 4.01. The smallest absolute Gasteiger partial charge is 0.273 e. The Bertz CT molecular complexity index is 818. The minimum atomic E-state index is -0.204. The van der Waals surface area contributed by atoms with Gasteiger partial charge in [0, 0.05) is 29.2 Å². The van der Waals surface area contributed by atoms with Crippen molar-refractivity contribution in [2.45, 2.75) is 13.3 Å². The molecule has 1 aromatic heterocycles. The third-order valence-electron chi connectivity index (χ3n) is 3.48. The molecule has 3 aromatic rings.